The number of β-amino-alcohol motifs (C(OH)–C–C–N with tert-alkyl or cyclic N) is 1. The van der Waals surface area contributed by atoms with E-state index >= 15 is 0 Å². The summed E-state index contributed by atoms with van der Waals surface area (Å²) in [7, 11) is 0. The van der Waals surface area contributed by atoms with Crippen LogP contribution < -0.4 is 4.74 Å². The fraction of sp³-hybridized carbons (Fsp3) is 0.684. The number of rotatable bonds is 8. The number of hydrogen-bond donors (Lipinski definition) is 1. The minimum atomic E-state index is -0.421. The molecular weight excluding hydrogens is 288 g/mol. The van der Waals surface area contributed by atoms with Gasteiger partial charge < -0.3 is 14.7 Å². The lowest BCUT2D eigenvalue weighted by Crippen LogP contribution is -2.49. The first-order valence-electron chi connectivity index (χ1n) is 9.07. The van der Waals surface area contributed by atoms with Crippen LogP contribution in [0.4, 0.5) is 0 Å². The van der Waals surface area contributed by atoms with E-state index in [4.69, 9.17) is 4.74 Å². The Balaban J connectivity index is 1.33. The highest BCUT2D eigenvalue weighted by Gasteiger charge is 2.26. The smallest absolute Gasteiger partial charge is 0.119 e. The molecule has 0 amide bonds. The van der Waals surface area contributed by atoms with E-state index in [-0.39, 0.29) is 0 Å². The Morgan fingerprint density at radius 3 is 2.35 bits per heavy atom. The minimum Gasteiger partial charge on any atom is -0.491 e. The number of aliphatic hydroxyl groups is 1. The Labute approximate surface area is 140 Å². The van der Waals surface area contributed by atoms with Crippen LogP contribution in [0.1, 0.15) is 25.3 Å². The molecule has 1 aliphatic heterocycles. The van der Waals surface area contributed by atoms with Gasteiger partial charge in [0.25, 0.3) is 0 Å². The van der Waals surface area contributed by atoms with E-state index < -0.39 is 6.10 Å². The van der Waals surface area contributed by atoms with Gasteiger partial charge in [0.15, 0.2) is 0 Å². The van der Waals surface area contributed by atoms with Gasteiger partial charge in [-0.25, -0.2) is 0 Å². The third-order valence-electron chi connectivity index (χ3n) is 4.92. The van der Waals surface area contributed by atoms with E-state index in [1.165, 1.54) is 24.9 Å². The molecule has 4 nitrogen and oxygen atoms in total. The largest absolute Gasteiger partial charge is 0.491 e. The molecule has 1 aliphatic carbocycles. The highest BCUT2D eigenvalue weighted by molar-refractivity contribution is 5.27. The van der Waals surface area contributed by atoms with Crippen molar-refractivity contribution >= 4 is 0 Å². The Kier molecular flexibility index (Phi) is 5.92. The van der Waals surface area contributed by atoms with Gasteiger partial charge in [0.2, 0.25) is 0 Å². The van der Waals surface area contributed by atoms with Crippen molar-refractivity contribution in [2.45, 2.75) is 32.3 Å². The van der Waals surface area contributed by atoms with Gasteiger partial charge >= 0.3 is 0 Å². The normalized spacial score (nSPS) is 21.3. The summed E-state index contributed by atoms with van der Waals surface area (Å²) in [6.45, 7) is 8.92. The Morgan fingerprint density at radius 1 is 1.09 bits per heavy atom. The fourth-order valence-corrected chi connectivity index (χ4v) is 3.18. The predicted molar refractivity (Wildman–Crippen MR) is 92.9 cm³/mol. The molecule has 1 N–H and O–H groups in total. The molecular formula is C19H30N2O2. The van der Waals surface area contributed by atoms with Gasteiger partial charge in [-0.2, -0.15) is 0 Å². The predicted octanol–water partition coefficient (Wildman–Crippen LogP) is 2.02. The molecule has 3 rings (SSSR count). The van der Waals surface area contributed by atoms with E-state index in [9.17, 15) is 5.11 Å². The molecule has 2 aliphatic rings. The van der Waals surface area contributed by atoms with Crippen LogP contribution in [0.5, 0.6) is 5.75 Å². The summed E-state index contributed by atoms with van der Waals surface area (Å²) in [6, 6.07) is 8.14. The third-order valence-corrected chi connectivity index (χ3v) is 4.92. The summed E-state index contributed by atoms with van der Waals surface area (Å²) in [5.74, 6) is 1.81. The number of nitrogens with zero attached hydrogens (tertiary/aromatic N) is 2. The van der Waals surface area contributed by atoms with Crippen LogP contribution in [-0.4, -0.2) is 66.9 Å². The van der Waals surface area contributed by atoms with Crippen LogP contribution >= 0.6 is 0 Å². The molecule has 1 saturated heterocycles. The average Bonchev–Trinajstić information content (AvgIpc) is 3.39. The summed E-state index contributed by atoms with van der Waals surface area (Å²) in [4.78, 5) is 4.93. The maximum atomic E-state index is 10.2. The molecule has 4 heteroatoms. The lowest BCUT2D eigenvalue weighted by atomic mass is 10.2. The molecule has 1 atom stereocenters. The Hall–Kier alpha value is -1.10. The van der Waals surface area contributed by atoms with Crippen LogP contribution in [-0.2, 0) is 6.42 Å². The van der Waals surface area contributed by atoms with Crippen molar-refractivity contribution in [2.24, 2.45) is 5.92 Å². The van der Waals surface area contributed by atoms with Gasteiger partial charge in [-0.3, -0.25) is 4.90 Å². The van der Waals surface area contributed by atoms with Gasteiger partial charge in [-0.05, 0) is 42.9 Å². The van der Waals surface area contributed by atoms with E-state index in [2.05, 4.69) is 28.9 Å². The zero-order valence-corrected chi connectivity index (χ0v) is 14.3. The van der Waals surface area contributed by atoms with Crippen molar-refractivity contribution in [1.82, 2.24) is 9.80 Å². The highest BCUT2D eigenvalue weighted by Crippen LogP contribution is 2.29. The lowest BCUT2D eigenvalue weighted by molar-refractivity contribution is 0.0452. The monoisotopic (exact) mass is 318 g/mol. The summed E-state index contributed by atoms with van der Waals surface area (Å²) in [5.41, 5.74) is 1.31. The summed E-state index contributed by atoms with van der Waals surface area (Å²) >= 11 is 0. The van der Waals surface area contributed by atoms with E-state index in [1.807, 2.05) is 12.1 Å². The molecule has 0 bridgehead atoms. The molecule has 128 valence electrons. The first-order chi connectivity index (χ1) is 11.2. The van der Waals surface area contributed by atoms with Gasteiger partial charge in [0.1, 0.15) is 18.5 Å². The zero-order chi connectivity index (χ0) is 16.1. The summed E-state index contributed by atoms with van der Waals surface area (Å²) < 4.78 is 5.70. The number of hydrogen-bond acceptors (Lipinski definition) is 4. The molecule has 2 fully saturated rings. The Bertz CT molecular complexity index is 465. The van der Waals surface area contributed by atoms with Crippen LogP contribution in [0.15, 0.2) is 24.3 Å². The number of aryl methyl sites for hydroxylation is 1. The van der Waals surface area contributed by atoms with Gasteiger partial charge in [0.05, 0.1) is 0 Å². The first kappa shape index (κ1) is 16.7. The quantitative estimate of drug-likeness (QED) is 0.795. The number of piperazine rings is 1. The first-order valence-corrected chi connectivity index (χ1v) is 9.07. The molecule has 0 radical (unpaired) electrons. The average molecular weight is 318 g/mol. The van der Waals surface area contributed by atoms with E-state index in [0.717, 1.165) is 44.3 Å². The van der Waals surface area contributed by atoms with Crippen molar-refractivity contribution in [2.75, 3.05) is 45.9 Å². The van der Waals surface area contributed by atoms with E-state index in [1.54, 1.807) is 0 Å². The zero-order valence-electron chi connectivity index (χ0n) is 14.3. The second-order valence-electron chi connectivity index (χ2n) is 7.01. The SMILES string of the molecule is CCc1ccc(OCC(O)CN2CCN(CC3CC3)CC2)cc1. The fourth-order valence-electron chi connectivity index (χ4n) is 3.18. The minimum absolute atomic E-state index is 0.369. The lowest BCUT2D eigenvalue weighted by Gasteiger charge is -2.35. The van der Waals surface area contributed by atoms with Gasteiger partial charge in [-0.15, -0.1) is 0 Å². The third kappa shape index (κ3) is 5.48. The molecule has 1 saturated carbocycles. The molecule has 23 heavy (non-hydrogen) atoms. The number of aliphatic hydroxyl groups excluding tert-OH is 1. The number of benzene rings is 1. The second-order valence-corrected chi connectivity index (χ2v) is 7.01. The maximum absolute atomic E-state index is 10.2. The molecule has 1 aromatic rings. The molecule has 1 unspecified atom stereocenters. The van der Waals surface area contributed by atoms with Crippen molar-refractivity contribution < 1.29 is 9.84 Å². The highest BCUT2D eigenvalue weighted by atomic mass is 16.5. The van der Waals surface area contributed by atoms with Crippen molar-refractivity contribution in [3.8, 4) is 5.75 Å². The van der Waals surface area contributed by atoms with Crippen molar-refractivity contribution in [1.29, 1.82) is 0 Å². The summed E-state index contributed by atoms with van der Waals surface area (Å²) in [5, 5.41) is 10.2. The topological polar surface area (TPSA) is 35.9 Å². The molecule has 0 spiro atoms. The van der Waals surface area contributed by atoms with Crippen LogP contribution in [0, 0.1) is 5.92 Å². The number of ether oxygens (including phenoxy) is 1. The van der Waals surface area contributed by atoms with Gasteiger partial charge in [-0.1, -0.05) is 19.1 Å². The van der Waals surface area contributed by atoms with Crippen molar-refractivity contribution in [3.05, 3.63) is 29.8 Å². The second kappa shape index (κ2) is 8.13. The molecule has 0 aromatic heterocycles. The van der Waals surface area contributed by atoms with E-state index in [0.29, 0.717) is 13.2 Å². The molecule has 1 aromatic carbocycles. The van der Waals surface area contributed by atoms with Crippen LogP contribution in [0.3, 0.4) is 0 Å². The van der Waals surface area contributed by atoms with Crippen LogP contribution in [0.25, 0.3) is 0 Å². The van der Waals surface area contributed by atoms with Gasteiger partial charge in [0, 0.05) is 39.3 Å². The maximum Gasteiger partial charge on any atom is 0.119 e. The van der Waals surface area contributed by atoms with Crippen molar-refractivity contribution in [3.63, 3.8) is 0 Å². The Morgan fingerprint density at radius 2 is 1.74 bits per heavy atom. The molecule has 1 heterocycles. The van der Waals surface area contributed by atoms with Crippen LogP contribution in [0.2, 0.25) is 0 Å². The standard InChI is InChI=1S/C19H30N2O2/c1-2-16-5-7-19(8-6-16)23-15-18(22)14-21-11-9-20(10-12-21)13-17-3-4-17/h5-8,17-18,22H,2-4,9-15H2,1H3. The summed E-state index contributed by atoms with van der Waals surface area (Å²) in [6.07, 6.45) is 3.47.